The van der Waals surface area contributed by atoms with Gasteiger partial charge in [-0.2, -0.15) is 5.10 Å². The van der Waals surface area contributed by atoms with Gasteiger partial charge < -0.3 is 0 Å². The van der Waals surface area contributed by atoms with E-state index in [4.69, 9.17) is 10.1 Å². The van der Waals surface area contributed by atoms with Crippen molar-refractivity contribution in [1.29, 1.82) is 0 Å². The lowest BCUT2D eigenvalue weighted by atomic mass is 9.98. The summed E-state index contributed by atoms with van der Waals surface area (Å²) < 4.78 is 4.15. The number of imidazole rings is 1. The van der Waals surface area contributed by atoms with Gasteiger partial charge in [-0.05, 0) is 41.0 Å². The van der Waals surface area contributed by atoms with Crippen molar-refractivity contribution < 1.29 is 0 Å². The van der Waals surface area contributed by atoms with E-state index in [1.807, 2.05) is 29.6 Å². The third kappa shape index (κ3) is 2.97. The number of rotatable bonds is 5. The van der Waals surface area contributed by atoms with Gasteiger partial charge in [-0.15, -0.1) is 5.10 Å². The number of benzene rings is 2. The van der Waals surface area contributed by atoms with Crippen LogP contribution in [0.2, 0.25) is 0 Å². The Balaban J connectivity index is 1.49. The first kappa shape index (κ1) is 18.2. The number of fused-ring (bicyclic) bond motifs is 1. The molecule has 3 heterocycles. The highest BCUT2D eigenvalue weighted by Gasteiger charge is 2.16. The second kappa shape index (κ2) is 7.22. The molecule has 0 aliphatic carbocycles. The van der Waals surface area contributed by atoms with E-state index < -0.39 is 0 Å². The fourth-order valence-electron chi connectivity index (χ4n) is 3.77. The smallest absolute Gasteiger partial charge is 0.233 e. The highest BCUT2D eigenvalue weighted by Crippen LogP contribution is 2.30. The molecule has 0 spiro atoms. The Kier molecular flexibility index (Phi) is 4.39. The lowest BCUT2D eigenvalue weighted by Gasteiger charge is -2.10. The van der Waals surface area contributed by atoms with Crippen LogP contribution in [0.25, 0.3) is 28.3 Å². The maximum Gasteiger partial charge on any atom is 0.233 e. The Hall–Kier alpha value is -3.81. The quantitative estimate of drug-likeness (QED) is 0.488. The van der Waals surface area contributed by atoms with Gasteiger partial charge in [0.05, 0.1) is 17.9 Å². The van der Waals surface area contributed by atoms with Crippen LogP contribution in [0.5, 0.6) is 0 Å². The van der Waals surface area contributed by atoms with Crippen LogP contribution < -0.4 is 0 Å². The van der Waals surface area contributed by atoms with Gasteiger partial charge >= 0.3 is 0 Å². The topological polar surface area (TPSA) is 89.6 Å². The van der Waals surface area contributed by atoms with Crippen LogP contribution in [0.3, 0.4) is 0 Å². The van der Waals surface area contributed by atoms with E-state index >= 15 is 0 Å². The minimum absolute atomic E-state index is 0.660. The van der Waals surface area contributed by atoms with Gasteiger partial charge in [0.1, 0.15) is 5.82 Å². The van der Waals surface area contributed by atoms with Crippen LogP contribution in [0, 0.1) is 13.8 Å². The zero-order valence-corrected chi connectivity index (χ0v) is 17.2. The van der Waals surface area contributed by atoms with Gasteiger partial charge in [0.15, 0.2) is 5.82 Å². The molecule has 8 heteroatoms. The molecular weight excluding hydrogens is 376 g/mol. The molecule has 5 rings (SSSR count). The standard InChI is InChI=1S/C22H22N8/c1-4-20-26-30-15(3)14(2)23-22(30)29(20)13-16-9-11-17(12-10-16)18-7-5-6-8-19(18)21-24-27-28-25-21/h5-12H,4,13H2,1-3H3,(H,24,25,27,28). The summed E-state index contributed by atoms with van der Waals surface area (Å²) in [5, 5.41) is 19.1. The first-order chi connectivity index (χ1) is 14.7. The van der Waals surface area contributed by atoms with Crippen molar-refractivity contribution >= 4 is 5.78 Å². The Labute approximate surface area is 173 Å². The van der Waals surface area contributed by atoms with Gasteiger partial charge in [-0.1, -0.05) is 55.5 Å². The Morgan fingerprint density at radius 3 is 2.43 bits per heavy atom. The largest absolute Gasteiger partial charge is 0.292 e. The van der Waals surface area contributed by atoms with Gasteiger partial charge in [-0.25, -0.2) is 14.6 Å². The van der Waals surface area contributed by atoms with Crippen molar-refractivity contribution in [1.82, 2.24) is 39.8 Å². The molecule has 0 bridgehead atoms. The average Bonchev–Trinajstić information content (AvgIpc) is 3.48. The van der Waals surface area contributed by atoms with Crippen LogP contribution in [0.4, 0.5) is 0 Å². The molecule has 0 saturated carbocycles. The third-order valence-electron chi connectivity index (χ3n) is 5.52. The van der Waals surface area contributed by atoms with E-state index in [-0.39, 0.29) is 0 Å². The van der Waals surface area contributed by atoms with Crippen molar-refractivity contribution in [2.75, 3.05) is 0 Å². The molecule has 0 saturated heterocycles. The Morgan fingerprint density at radius 1 is 0.967 bits per heavy atom. The third-order valence-corrected chi connectivity index (χ3v) is 5.52. The van der Waals surface area contributed by atoms with Crippen LogP contribution in [0.15, 0.2) is 48.5 Å². The summed E-state index contributed by atoms with van der Waals surface area (Å²) in [5.74, 6) is 2.59. The van der Waals surface area contributed by atoms with Crippen molar-refractivity contribution in [3.8, 4) is 22.5 Å². The van der Waals surface area contributed by atoms with Crippen molar-refractivity contribution in [3.63, 3.8) is 0 Å². The summed E-state index contributed by atoms with van der Waals surface area (Å²) >= 11 is 0. The zero-order chi connectivity index (χ0) is 20.7. The second-order valence-electron chi connectivity index (χ2n) is 7.34. The molecule has 0 aliphatic rings. The molecule has 2 aromatic carbocycles. The maximum atomic E-state index is 4.75. The predicted molar refractivity (Wildman–Crippen MR) is 114 cm³/mol. The van der Waals surface area contributed by atoms with E-state index in [1.54, 1.807) is 0 Å². The highest BCUT2D eigenvalue weighted by molar-refractivity contribution is 5.80. The average molecular weight is 398 g/mol. The number of aromatic amines is 1. The van der Waals surface area contributed by atoms with Crippen LogP contribution in [0.1, 0.15) is 29.7 Å². The normalized spacial score (nSPS) is 11.4. The summed E-state index contributed by atoms with van der Waals surface area (Å²) in [4.78, 5) is 4.72. The summed E-state index contributed by atoms with van der Waals surface area (Å²) in [6.07, 6.45) is 0.860. The van der Waals surface area contributed by atoms with Crippen molar-refractivity contribution in [2.45, 2.75) is 33.7 Å². The Morgan fingerprint density at radius 2 is 1.73 bits per heavy atom. The molecule has 0 radical (unpaired) electrons. The second-order valence-corrected chi connectivity index (χ2v) is 7.34. The van der Waals surface area contributed by atoms with Gasteiger partial charge in [0, 0.05) is 12.0 Å². The molecular formula is C22H22N8. The lowest BCUT2D eigenvalue weighted by Crippen LogP contribution is -2.05. The van der Waals surface area contributed by atoms with Gasteiger partial charge in [0.2, 0.25) is 5.78 Å². The molecule has 0 unspecified atom stereocenters. The number of hydrogen-bond donors (Lipinski definition) is 1. The Bertz CT molecular complexity index is 1310. The first-order valence-electron chi connectivity index (χ1n) is 9.99. The monoisotopic (exact) mass is 398 g/mol. The van der Waals surface area contributed by atoms with Crippen molar-refractivity contribution in [2.24, 2.45) is 0 Å². The van der Waals surface area contributed by atoms with E-state index in [2.05, 4.69) is 69.4 Å². The minimum Gasteiger partial charge on any atom is -0.292 e. The van der Waals surface area contributed by atoms with Crippen LogP contribution in [-0.2, 0) is 13.0 Å². The fraction of sp³-hybridized carbons (Fsp3) is 0.227. The number of tetrazole rings is 1. The molecule has 3 aromatic heterocycles. The maximum absolute atomic E-state index is 4.75. The summed E-state index contributed by atoms with van der Waals surface area (Å²) in [6.45, 7) is 6.94. The molecule has 0 amide bonds. The number of hydrogen-bond acceptors (Lipinski definition) is 5. The molecule has 150 valence electrons. The number of aryl methyl sites for hydroxylation is 3. The first-order valence-corrected chi connectivity index (χ1v) is 9.99. The van der Waals surface area contributed by atoms with Crippen LogP contribution >= 0.6 is 0 Å². The van der Waals surface area contributed by atoms with E-state index in [1.165, 1.54) is 5.56 Å². The summed E-state index contributed by atoms with van der Waals surface area (Å²) in [5.41, 5.74) is 6.48. The molecule has 0 aliphatic heterocycles. The summed E-state index contributed by atoms with van der Waals surface area (Å²) in [6, 6.07) is 16.7. The molecule has 30 heavy (non-hydrogen) atoms. The molecule has 8 nitrogen and oxygen atoms in total. The minimum atomic E-state index is 0.660. The van der Waals surface area contributed by atoms with Gasteiger partial charge in [0.25, 0.3) is 0 Å². The summed E-state index contributed by atoms with van der Waals surface area (Å²) in [7, 11) is 0. The van der Waals surface area contributed by atoms with E-state index in [9.17, 15) is 0 Å². The lowest BCUT2D eigenvalue weighted by molar-refractivity contribution is 0.741. The number of nitrogens with one attached hydrogen (secondary N) is 1. The number of nitrogens with zero attached hydrogens (tertiary/aromatic N) is 7. The SMILES string of the molecule is CCc1nn2c(C)c(C)nc2n1Cc1ccc(-c2ccccc2-c2nnn[nH]2)cc1. The zero-order valence-electron chi connectivity index (χ0n) is 17.2. The fourth-order valence-corrected chi connectivity index (χ4v) is 3.77. The molecule has 0 fully saturated rings. The van der Waals surface area contributed by atoms with Crippen molar-refractivity contribution in [3.05, 3.63) is 71.3 Å². The molecule has 1 N–H and O–H groups in total. The number of aromatic nitrogens is 8. The molecule has 5 aromatic rings. The van der Waals surface area contributed by atoms with E-state index in [0.29, 0.717) is 5.82 Å². The number of H-pyrrole nitrogens is 1. The van der Waals surface area contributed by atoms with Gasteiger partial charge in [-0.3, -0.25) is 4.57 Å². The van der Waals surface area contributed by atoms with Crippen LogP contribution in [-0.4, -0.2) is 39.8 Å². The molecule has 0 atom stereocenters. The predicted octanol–water partition coefficient (Wildman–Crippen LogP) is 3.61. The van der Waals surface area contributed by atoms with E-state index in [0.717, 1.165) is 52.6 Å². The highest BCUT2D eigenvalue weighted by atomic mass is 15.5.